The first kappa shape index (κ1) is 26.7. The fourth-order valence-corrected chi connectivity index (χ4v) is 5.20. The fourth-order valence-electron chi connectivity index (χ4n) is 4.15. The first-order valence-corrected chi connectivity index (χ1v) is 13.8. The summed E-state index contributed by atoms with van der Waals surface area (Å²) in [6, 6.07) is 13.3. The number of hydrogen-bond donors (Lipinski definition) is 2. The normalized spacial score (nSPS) is 16.6. The lowest BCUT2D eigenvalue weighted by molar-refractivity contribution is -0.126. The third-order valence-electron chi connectivity index (χ3n) is 6.30. The Kier molecular flexibility index (Phi) is 8.59. The minimum atomic E-state index is -3.80. The molecule has 2 aromatic carbocycles. The summed E-state index contributed by atoms with van der Waals surface area (Å²) in [7, 11) is -3.80. The van der Waals surface area contributed by atoms with E-state index < -0.39 is 10.0 Å². The maximum atomic E-state index is 13.2. The second-order valence-electron chi connectivity index (χ2n) is 10.2. The molecule has 0 unspecified atom stereocenters. The van der Waals surface area contributed by atoms with Crippen LogP contribution >= 0.6 is 0 Å². The van der Waals surface area contributed by atoms with Crippen LogP contribution in [0.5, 0.6) is 0 Å². The summed E-state index contributed by atoms with van der Waals surface area (Å²) in [6.45, 7) is 9.88. The zero-order chi connectivity index (χ0) is 25.6. The Bertz CT molecular complexity index is 1140. The van der Waals surface area contributed by atoms with Gasteiger partial charge in [0.15, 0.2) is 0 Å². The summed E-state index contributed by atoms with van der Waals surface area (Å²) in [5, 5.41) is 2.96. The van der Waals surface area contributed by atoms with E-state index in [0.29, 0.717) is 30.9 Å². The lowest BCUT2D eigenvalue weighted by Crippen LogP contribution is -2.45. The van der Waals surface area contributed by atoms with Crippen LogP contribution in [0.1, 0.15) is 69.3 Å². The number of unbranched alkanes of at least 4 members (excludes halogenated alkanes) is 1. The number of nitrogens with one attached hydrogen (secondary N) is 2. The Morgan fingerprint density at radius 2 is 1.80 bits per heavy atom. The van der Waals surface area contributed by atoms with Crippen LogP contribution in [0.4, 0.5) is 5.69 Å². The molecule has 0 aliphatic carbocycles. The molecule has 2 amide bonds. The minimum absolute atomic E-state index is 0.00469. The molecule has 2 N–H and O–H groups in total. The number of amides is 2. The summed E-state index contributed by atoms with van der Waals surface area (Å²) >= 11 is 0. The second kappa shape index (κ2) is 11.2. The number of rotatable bonds is 8. The van der Waals surface area contributed by atoms with Gasteiger partial charge in [-0.25, -0.2) is 8.42 Å². The minimum Gasteiger partial charge on any atom is -0.356 e. The Morgan fingerprint density at radius 1 is 1.09 bits per heavy atom. The van der Waals surface area contributed by atoms with Crippen molar-refractivity contribution in [2.45, 2.75) is 63.7 Å². The molecule has 0 spiro atoms. The molecule has 7 nitrogen and oxygen atoms in total. The van der Waals surface area contributed by atoms with Gasteiger partial charge in [0, 0.05) is 30.9 Å². The van der Waals surface area contributed by atoms with Gasteiger partial charge in [0.05, 0.1) is 10.8 Å². The largest absolute Gasteiger partial charge is 0.356 e. The van der Waals surface area contributed by atoms with Crippen molar-refractivity contribution in [1.29, 1.82) is 0 Å². The third-order valence-corrected chi connectivity index (χ3v) is 7.70. The van der Waals surface area contributed by atoms with Crippen molar-refractivity contribution >= 4 is 27.5 Å². The topological polar surface area (TPSA) is 95.6 Å². The van der Waals surface area contributed by atoms with E-state index in [1.807, 2.05) is 12.1 Å². The lowest BCUT2D eigenvalue weighted by atomic mass is 9.87. The van der Waals surface area contributed by atoms with Crippen molar-refractivity contribution in [2.75, 3.05) is 24.4 Å². The molecule has 0 radical (unpaired) electrons. The molecule has 2 aromatic rings. The molecule has 0 aromatic heterocycles. The van der Waals surface area contributed by atoms with Crippen molar-refractivity contribution in [2.24, 2.45) is 5.92 Å². The van der Waals surface area contributed by atoms with E-state index in [1.165, 1.54) is 0 Å². The van der Waals surface area contributed by atoms with Crippen molar-refractivity contribution in [3.05, 3.63) is 59.7 Å². The van der Waals surface area contributed by atoms with Crippen molar-refractivity contribution in [3.8, 4) is 0 Å². The highest BCUT2D eigenvalue weighted by molar-refractivity contribution is 7.92. The van der Waals surface area contributed by atoms with Gasteiger partial charge in [0.1, 0.15) is 0 Å². The number of sulfonamides is 1. The highest BCUT2D eigenvalue weighted by Crippen LogP contribution is 2.25. The van der Waals surface area contributed by atoms with Crippen molar-refractivity contribution in [3.63, 3.8) is 0 Å². The zero-order valence-electron chi connectivity index (χ0n) is 21.1. The van der Waals surface area contributed by atoms with Crippen LogP contribution in [0.2, 0.25) is 0 Å². The van der Waals surface area contributed by atoms with Crippen LogP contribution in [0.15, 0.2) is 53.4 Å². The maximum absolute atomic E-state index is 13.2. The quantitative estimate of drug-likeness (QED) is 0.521. The van der Waals surface area contributed by atoms with Gasteiger partial charge in [-0.3, -0.25) is 14.3 Å². The summed E-state index contributed by atoms with van der Waals surface area (Å²) in [4.78, 5) is 27.5. The first-order valence-electron chi connectivity index (χ1n) is 12.3. The van der Waals surface area contributed by atoms with Crippen molar-refractivity contribution < 1.29 is 18.0 Å². The van der Waals surface area contributed by atoms with E-state index in [-0.39, 0.29) is 28.0 Å². The van der Waals surface area contributed by atoms with E-state index in [2.05, 4.69) is 37.7 Å². The molecule has 1 saturated heterocycles. The second-order valence-corrected chi connectivity index (χ2v) is 11.9. The number of piperidine rings is 1. The molecular weight excluding hydrogens is 462 g/mol. The molecule has 8 heteroatoms. The van der Waals surface area contributed by atoms with Crippen LogP contribution in [0, 0.1) is 5.92 Å². The lowest BCUT2D eigenvalue weighted by Gasteiger charge is -2.32. The Hall–Kier alpha value is -2.87. The van der Waals surface area contributed by atoms with Crippen molar-refractivity contribution in [1.82, 2.24) is 10.2 Å². The molecule has 1 fully saturated rings. The van der Waals surface area contributed by atoms with Crippen LogP contribution < -0.4 is 10.0 Å². The Balaban J connectivity index is 1.69. The standard InChI is InChI=1S/C27H37N3O4S/c1-5-6-16-28-25(31)21-10-8-17-30(19-21)26(32)20-9-7-11-23(18-20)29-35(33,34)24-14-12-22(13-15-24)27(2,3)4/h7,9,11-15,18,21,29H,5-6,8,10,16-17,19H2,1-4H3,(H,28,31)/t21-/m0/s1. The molecule has 0 bridgehead atoms. The Labute approximate surface area is 209 Å². The van der Waals surface area contributed by atoms with Crippen LogP contribution in [-0.2, 0) is 20.2 Å². The number of carbonyl (C=O) groups excluding carboxylic acids is 2. The molecule has 1 atom stereocenters. The molecule has 1 heterocycles. The molecule has 1 aliphatic rings. The van der Waals surface area contributed by atoms with Gasteiger partial charge in [0.2, 0.25) is 5.91 Å². The number of hydrogen-bond acceptors (Lipinski definition) is 4. The summed E-state index contributed by atoms with van der Waals surface area (Å²) in [6.07, 6.45) is 3.46. The molecule has 35 heavy (non-hydrogen) atoms. The SMILES string of the molecule is CCCCNC(=O)[C@H]1CCCN(C(=O)c2cccc(NS(=O)(=O)c3ccc(C(C)(C)C)cc3)c2)C1. The fraction of sp³-hybridized carbons (Fsp3) is 0.481. The summed E-state index contributed by atoms with van der Waals surface area (Å²) in [5.74, 6) is -0.427. The average Bonchev–Trinajstić information content (AvgIpc) is 2.83. The van der Waals surface area contributed by atoms with E-state index in [0.717, 1.165) is 31.2 Å². The molecule has 3 rings (SSSR count). The van der Waals surface area contributed by atoms with Crippen LogP contribution in [0.3, 0.4) is 0 Å². The summed E-state index contributed by atoms with van der Waals surface area (Å²) < 4.78 is 28.4. The highest BCUT2D eigenvalue weighted by Gasteiger charge is 2.29. The number of likely N-dealkylation sites (tertiary alicyclic amines) is 1. The van der Waals surface area contributed by atoms with E-state index in [9.17, 15) is 18.0 Å². The van der Waals surface area contributed by atoms with Gasteiger partial charge in [0.25, 0.3) is 15.9 Å². The number of nitrogens with zero attached hydrogens (tertiary/aromatic N) is 1. The predicted octanol–water partition coefficient (Wildman–Crippen LogP) is 4.55. The van der Waals surface area contributed by atoms with E-state index in [4.69, 9.17) is 0 Å². The number of carbonyl (C=O) groups is 2. The average molecular weight is 500 g/mol. The van der Waals surface area contributed by atoms with E-state index >= 15 is 0 Å². The predicted molar refractivity (Wildman–Crippen MR) is 139 cm³/mol. The van der Waals surface area contributed by atoms with Gasteiger partial charge in [-0.2, -0.15) is 0 Å². The first-order chi connectivity index (χ1) is 16.5. The third kappa shape index (κ3) is 7.07. The van der Waals surface area contributed by atoms with Gasteiger partial charge in [-0.15, -0.1) is 0 Å². The zero-order valence-corrected chi connectivity index (χ0v) is 22.0. The van der Waals surface area contributed by atoms with E-state index in [1.54, 1.807) is 41.3 Å². The maximum Gasteiger partial charge on any atom is 0.261 e. The van der Waals surface area contributed by atoms with Gasteiger partial charge in [-0.1, -0.05) is 52.3 Å². The highest BCUT2D eigenvalue weighted by atomic mass is 32.2. The van der Waals surface area contributed by atoms with Gasteiger partial charge < -0.3 is 10.2 Å². The summed E-state index contributed by atoms with van der Waals surface area (Å²) in [5.41, 5.74) is 1.68. The number of benzene rings is 2. The molecular formula is C27H37N3O4S. The molecule has 0 saturated carbocycles. The van der Waals surface area contributed by atoms with Gasteiger partial charge >= 0.3 is 0 Å². The molecule has 190 valence electrons. The van der Waals surface area contributed by atoms with Gasteiger partial charge in [-0.05, 0) is 60.6 Å². The molecule has 1 aliphatic heterocycles. The number of anilines is 1. The monoisotopic (exact) mass is 499 g/mol. The Morgan fingerprint density at radius 3 is 2.46 bits per heavy atom. The van der Waals surface area contributed by atoms with Crippen LogP contribution in [0.25, 0.3) is 0 Å². The smallest absolute Gasteiger partial charge is 0.261 e. The van der Waals surface area contributed by atoms with Crippen LogP contribution in [-0.4, -0.2) is 44.8 Å².